The van der Waals surface area contributed by atoms with E-state index in [9.17, 15) is 4.57 Å². The summed E-state index contributed by atoms with van der Waals surface area (Å²) in [4.78, 5) is 10.6. The third kappa shape index (κ3) is 4.23. The van der Waals surface area contributed by atoms with Gasteiger partial charge in [0.2, 0.25) is 0 Å². The predicted molar refractivity (Wildman–Crippen MR) is 149 cm³/mol. The Morgan fingerprint density at radius 1 is 1.11 bits per heavy atom. The Balaban J connectivity index is 1.28. The zero-order valence-corrected chi connectivity index (χ0v) is 22.2. The Bertz CT molecular complexity index is 1470. The standard InChI is InChI=1S/C29H33N4O2P/c1-18-16-30-29-22(28(18)31-23-7-5-6-8-27(23)36(3,4)34)15-24(32-29)20-9-11-21(12-10-20)35-26-14-19-13-25(26)33(2)17-19/h5-12,15-16,19,25-26H,13-14,17H2,1-4H3,(H2,30,31,32). The molecule has 186 valence electrons. The molecule has 6 rings (SSSR count). The summed E-state index contributed by atoms with van der Waals surface area (Å²) in [5.41, 5.74) is 5.78. The first kappa shape index (κ1) is 23.3. The number of aryl methyl sites for hydroxylation is 1. The lowest BCUT2D eigenvalue weighted by Crippen LogP contribution is -2.41. The third-order valence-corrected chi connectivity index (χ3v) is 9.28. The average Bonchev–Trinajstić information content (AvgIpc) is 3.55. The van der Waals surface area contributed by atoms with E-state index in [1.807, 2.05) is 37.4 Å². The lowest BCUT2D eigenvalue weighted by Gasteiger charge is -2.30. The van der Waals surface area contributed by atoms with Gasteiger partial charge in [0.25, 0.3) is 0 Å². The molecule has 36 heavy (non-hydrogen) atoms. The predicted octanol–water partition coefficient (Wildman–Crippen LogP) is 6.00. The molecule has 3 heterocycles. The Morgan fingerprint density at radius 3 is 2.61 bits per heavy atom. The molecule has 0 amide bonds. The fraction of sp³-hybridized carbons (Fsp3) is 0.345. The minimum Gasteiger partial charge on any atom is -0.489 e. The van der Waals surface area contributed by atoms with Crippen molar-refractivity contribution in [1.82, 2.24) is 14.9 Å². The van der Waals surface area contributed by atoms with Crippen molar-refractivity contribution in [2.75, 3.05) is 32.2 Å². The number of H-pyrrole nitrogens is 1. The molecule has 2 fully saturated rings. The fourth-order valence-corrected chi connectivity index (χ4v) is 7.08. The van der Waals surface area contributed by atoms with Crippen molar-refractivity contribution in [2.45, 2.75) is 31.9 Å². The highest BCUT2D eigenvalue weighted by Crippen LogP contribution is 2.41. The van der Waals surface area contributed by atoms with Gasteiger partial charge in [0.05, 0.1) is 5.69 Å². The summed E-state index contributed by atoms with van der Waals surface area (Å²) < 4.78 is 19.3. The zero-order valence-electron chi connectivity index (χ0n) is 21.3. The van der Waals surface area contributed by atoms with Gasteiger partial charge in [-0.2, -0.15) is 0 Å². The summed E-state index contributed by atoms with van der Waals surface area (Å²) in [6.07, 6.45) is 4.58. The van der Waals surface area contributed by atoms with Crippen LogP contribution in [-0.4, -0.2) is 53.9 Å². The number of nitrogens with one attached hydrogen (secondary N) is 2. The summed E-state index contributed by atoms with van der Waals surface area (Å²) in [5, 5.41) is 5.42. The van der Waals surface area contributed by atoms with Crippen LogP contribution >= 0.6 is 7.14 Å². The van der Waals surface area contributed by atoms with Crippen molar-refractivity contribution in [3.8, 4) is 17.0 Å². The van der Waals surface area contributed by atoms with Gasteiger partial charge in [0.15, 0.2) is 0 Å². The molecule has 1 aliphatic carbocycles. The summed E-state index contributed by atoms with van der Waals surface area (Å²) in [7, 11) is -0.226. The number of para-hydroxylation sites is 1. The van der Waals surface area contributed by atoms with Gasteiger partial charge in [-0.1, -0.05) is 12.1 Å². The Morgan fingerprint density at radius 2 is 1.89 bits per heavy atom. The van der Waals surface area contributed by atoms with E-state index in [0.717, 1.165) is 62.6 Å². The highest BCUT2D eigenvalue weighted by Gasteiger charge is 2.44. The maximum Gasteiger partial charge on any atom is 0.139 e. The molecule has 3 atom stereocenters. The zero-order chi connectivity index (χ0) is 25.0. The van der Waals surface area contributed by atoms with Crippen LogP contribution in [0.5, 0.6) is 5.75 Å². The van der Waals surface area contributed by atoms with E-state index in [2.05, 4.69) is 57.6 Å². The Kier molecular flexibility index (Phi) is 5.70. The molecule has 4 aromatic rings. The number of likely N-dealkylation sites (N-methyl/N-ethyl adjacent to an activating group) is 1. The number of ether oxygens (including phenoxy) is 1. The molecule has 2 aromatic carbocycles. The first-order valence-electron chi connectivity index (χ1n) is 12.6. The minimum atomic E-state index is -2.43. The number of aromatic nitrogens is 2. The van der Waals surface area contributed by atoms with E-state index in [0.29, 0.717) is 6.04 Å². The Labute approximate surface area is 212 Å². The molecule has 2 aromatic heterocycles. The second-order valence-electron chi connectivity index (χ2n) is 10.8. The first-order chi connectivity index (χ1) is 17.3. The normalized spacial score (nSPS) is 21.8. The van der Waals surface area contributed by atoms with Crippen LogP contribution < -0.4 is 15.4 Å². The van der Waals surface area contributed by atoms with Crippen molar-refractivity contribution in [3.05, 3.63) is 66.4 Å². The third-order valence-electron chi connectivity index (χ3n) is 7.73. The number of rotatable bonds is 6. The van der Waals surface area contributed by atoms with Gasteiger partial charge >= 0.3 is 0 Å². The number of hydrogen-bond acceptors (Lipinski definition) is 5. The van der Waals surface area contributed by atoms with Crippen molar-refractivity contribution in [1.29, 1.82) is 0 Å². The maximum atomic E-state index is 12.9. The number of hydrogen-bond donors (Lipinski definition) is 2. The molecule has 0 spiro atoms. The molecule has 7 heteroatoms. The van der Waals surface area contributed by atoms with Crippen LogP contribution in [0.3, 0.4) is 0 Å². The summed E-state index contributed by atoms with van der Waals surface area (Å²) in [6.45, 7) is 6.86. The molecule has 1 saturated carbocycles. The van der Waals surface area contributed by atoms with Gasteiger partial charge in [0.1, 0.15) is 24.6 Å². The van der Waals surface area contributed by atoms with E-state index in [1.54, 1.807) is 13.3 Å². The number of aromatic amines is 1. The molecule has 0 radical (unpaired) electrons. The largest absolute Gasteiger partial charge is 0.489 e. The van der Waals surface area contributed by atoms with Gasteiger partial charge in [-0.15, -0.1) is 0 Å². The van der Waals surface area contributed by atoms with Crippen LogP contribution in [-0.2, 0) is 4.57 Å². The monoisotopic (exact) mass is 500 g/mol. The lowest BCUT2D eigenvalue weighted by molar-refractivity contribution is 0.0908. The highest BCUT2D eigenvalue weighted by atomic mass is 31.2. The fourth-order valence-electron chi connectivity index (χ4n) is 5.92. The van der Waals surface area contributed by atoms with Crippen molar-refractivity contribution >= 4 is 34.9 Å². The molecule has 2 aliphatic rings. The number of likely N-dealkylation sites (tertiary alicyclic amines) is 1. The SMILES string of the molecule is Cc1cnc2[nH]c(-c3ccc(OC4CC5CC4N(C)C5)cc3)cc2c1Nc1ccccc1P(C)(C)=O. The van der Waals surface area contributed by atoms with Gasteiger partial charge < -0.3 is 19.6 Å². The molecule has 2 N–H and O–H groups in total. The first-order valence-corrected chi connectivity index (χ1v) is 15.2. The van der Waals surface area contributed by atoms with Crippen LogP contribution in [0.4, 0.5) is 11.4 Å². The number of fused-ring (bicyclic) bond motifs is 3. The minimum absolute atomic E-state index is 0.290. The molecule has 1 saturated heterocycles. The number of anilines is 2. The number of nitrogens with zero attached hydrogens (tertiary/aromatic N) is 2. The molecule has 2 bridgehead atoms. The summed E-state index contributed by atoms with van der Waals surface area (Å²) >= 11 is 0. The summed E-state index contributed by atoms with van der Waals surface area (Å²) in [5.74, 6) is 1.71. The topological polar surface area (TPSA) is 70.2 Å². The number of pyridine rings is 1. The molecule has 3 unspecified atom stereocenters. The maximum absolute atomic E-state index is 12.9. The van der Waals surface area contributed by atoms with E-state index in [1.165, 1.54) is 13.0 Å². The average molecular weight is 501 g/mol. The van der Waals surface area contributed by atoms with Crippen molar-refractivity contribution in [2.24, 2.45) is 5.92 Å². The lowest BCUT2D eigenvalue weighted by atomic mass is 10.1. The van der Waals surface area contributed by atoms with E-state index in [4.69, 9.17) is 4.74 Å². The smallest absolute Gasteiger partial charge is 0.139 e. The molecule has 6 nitrogen and oxygen atoms in total. The molecular weight excluding hydrogens is 467 g/mol. The van der Waals surface area contributed by atoms with E-state index >= 15 is 0 Å². The summed E-state index contributed by atoms with van der Waals surface area (Å²) in [6, 6.07) is 18.9. The van der Waals surface area contributed by atoms with Gasteiger partial charge in [-0.25, -0.2) is 4.98 Å². The van der Waals surface area contributed by atoms with Crippen LogP contribution in [0.15, 0.2) is 60.8 Å². The Hall–Kier alpha value is -3.08. The number of piperidine rings is 1. The van der Waals surface area contributed by atoms with Crippen LogP contribution in [0.2, 0.25) is 0 Å². The van der Waals surface area contributed by atoms with Crippen LogP contribution in [0.1, 0.15) is 18.4 Å². The molecule has 1 aliphatic heterocycles. The van der Waals surface area contributed by atoms with Crippen LogP contribution in [0.25, 0.3) is 22.3 Å². The quantitative estimate of drug-likeness (QED) is 0.318. The van der Waals surface area contributed by atoms with Crippen molar-refractivity contribution in [3.63, 3.8) is 0 Å². The second kappa shape index (κ2) is 8.79. The van der Waals surface area contributed by atoms with Gasteiger partial charge in [-0.3, -0.25) is 4.90 Å². The second-order valence-corrected chi connectivity index (χ2v) is 14.0. The van der Waals surface area contributed by atoms with E-state index in [-0.39, 0.29) is 6.10 Å². The van der Waals surface area contributed by atoms with Crippen molar-refractivity contribution < 1.29 is 9.30 Å². The van der Waals surface area contributed by atoms with Gasteiger partial charge in [0, 0.05) is 40.9 Å². The van der Waals surface area contributed by atoms with Crippen LogP contribution in [0, 0.1) is 12.8 Å². The van der Waals surface area contributed by atoms with E-state index < -0.39 is 7.14 Å². The highest BCUT2D eigenvalue weighted by molar-refractivity contribution is 7.70. The number of benzene rings is 2. The molecular formula is C29H33N4O2P. The van der Waals surface area contributed by atoms with Gasteiger partial charge in [-0.05, 0) is 99.7 Å².